The van der Waals surface area contributed by atoms with Gasteiger partial charge < -0.3 is 15.4 Å². The molecule has 2 amide bonds. The molecule has 0 spiro atoms. The Morgan fingerprint density at radius 2 is 1.53 bits per heavy atom. The Kier molecular flexibility index (Phi) is 8.19. The topological polar surface area (TPSA) is 67.4 Å². The third kappa shape index (κ3) is 11.6. The highest BCUT2D eigenvalue weighted by Gasteiger charge is 2.15. The molecule has 0 bridgehead atoms. The first-order chi connectivity index (χ1) is 8.72. The van der Waals surface area contributed by atoms with Crippen LogP contribution in [0.25, 0.3) is 0 Å². The average Bonchev–Trinajstić information content (AvgIpc) is 2.24. The number of carbonyl (C=O) groups is 2. The van der Waals surface area contributed by atoms with Crippen molar-refractivity contribution in [3.63, 3.8) is 0 Å². The molecule has 0 radical (unpaired) electrons. The van der Waals surface area contributed by atoms with Crippen molar-refractivity contribution in [3.05, 3.63) is 0 Å². The molecule has 0 rings (SSSR count). The summed E-state index contributed by atoms with van der Waals surface area (Å²) < 4.78 is 5.12. The number of alkyl carbamates (subject to hydrolysis) is 1. The Morgan fingerprint density at radius 1 is 1.00 bits per heavy atom. The minimum Gasteiger partial charge on any atom is -0.444 e. The zero-order valence-electron chi connectivity index (χ0n) is 12.8. The van der Waals surface area contributed by atoms with Gasteiger partial charge in [-0.05, 0) is 40.0 Å². The molecule has 0 atom stereocenters. The summed E-state index contributed by atoms with van der Waals surface area (Å²) in [5.74, 6) is 0.126. The summed E-state index contributed by atoms with van der Waals surface area (Å²) in [4.78, 5) is 22.6. The molecule has 19 heavy (non-hydrogen) atoms. The van der Waals surface area contributed by atoms with Gasteiger partial charge in [0.25, 0.3) is 0 Å². The van der Waals surface area contributed by atoms with E-state index in [1.807, 2.05) is 34.6 Å². The van der Waals surface area contributed by atoms with Crippen LogP contribution in [0.5, 0.6) is 0 Å². The summed E-state index contributed by atoms with van der Waals surface area (Å²) >= 11 is 0. The number of nitrogens with one attached hydrogen (secondary N) is 2. The summed E-state index contributed by atoms with van der Waals surface area (Å²) in [6, 6.07) is 0. The van der Waals surface area contributed by atoms with E-state index in [0.29, 0.717) is 13.1 Å². The summed E-state index contributed by atoms with van der Waals surface area (Å²) in [5, 5.41) is 5.57. The van der Waals surface area contributed by atoms with Gasteiger partial charge >= 0.3 is 6.09 Å². The molecule has 5 heteroatoms. The number of rotatable bonds is 7. The highest BCUT2D eigenvalue weighted by molar-refractivity contribution is 5.77. The van der Waals surface area contributed by atoms with E-state index in [1.165, 1.54) is 0 Å². The molecule has 0 saturated heterocycles. The Hall–Kier alpha value is -1.26. The largest absolute Gasteiger partial charge is 0.444 e. The van der Waals surface area contributed by atoms with Crippen molar-refractivity contribution in [2.75, 3.05) is 13.1 Å². The van der Waals surface area contributed by atoms with Crippen LogP contribution in [-0.2, 0) is 9.53 Å². The summed E-state index contributed by atoms with van der Waals surface area (Å²) in [6.07, 6.45) is 2.40. The predicted molar refractivity (Wildman–Crippen MR) is 75.9 cm³/mol. The van der Waals surface area contributed by atoms with Gasteiger partial charge in [-0.3, -0.25) is 4.79 Å². The van der Waals surface area contributed by atoms with Gasteiger partial charge in [-0.1, -0.05) is 13.8 Å². The second-order valence-corrected chi connectivity index (χ2v) is 5.94. The molecule has 0 aliphatic rings. The van der Waals surface area contributed by atoms with Crippen LogP contribution in [0.4, 0.5) is 4.79 Å². The zero-order chi connectivity index (χ0) is 14.9. The third-order valence-electron chi connectivity index (χ3n) is 2.35. The van der Waals surface area contributed by atoms with Crippen LogP contribution in [0.2, 0.25) is 0 Å². The molecule has 0 saturated carbocycles. The van der Waals surface area contributed by atoms with E-state index >= 15 is 0 Å². The normalized spacial score (nSPS) is 11.3. The number of unbranched alkanes of at least 4 members (excludes halogenated alkanes) is 2. The van der Waals surface area contributed by atoms with Gasteiger partial charge in [-0.2, -0.15) is 0 Å². The lowest BCUT2D eigenvalue weighted by Gasteiger charge is -2.19. The van der Waals surface area contributed by atoms with Crippen molar-refractivity contribution in [1.82, 2.24) is 10.6 Å². The maximum atomic E-state index is 11.3. The lowest BCUT2D eigenvalue weighted by Crippen LogP contribution is -2.33. The third-order valence-corrected chi connectivity index (χ3v) is 2.35. The van der Waals surface area contributed by atoms with E-state index in [1.54, 1.807) is 0 Å². The molecule has 0 aromatic rings. The van der Waals surface area contributed by atoms with Crippen molar-refractivity contribution >= 4 is 12.0 Å². The fourth-order valence-electron chi connectivity index (χ4n) is 1.35. The molecular weight excluding hydrogens is 244 g/mol. The summed E-state index contributed by atoms with van der Waals surface area (Å²) in [5.41, 5.74) is -0.453. The smallest absolute Gasteiger partial charge is 0.407 e. The number of hydrogen-bond donors (Lipinski definition) is 2. The van der Waals surface area contributed by atoms with Crippen molar-refractivity contribution < 1.29 is 14.3 Å². The van der Waals surface area contributed by atoms with Gasteiger partial charge in [0.1, 0.15) is 5.60 Å². The monoisotopic (exact) mass is 272 g/mol. The van der Waals surface area contributed by atoms with Gasteiger partial charge in [-0.15, -0.1) is 0 Å². The first kappa shape index (κ1) is 17.7. The van der Waals surface area contributed by atoms with Gasteiger partial charge in [-0.25, -0.2) is 4.79 Å². The summed E-state index contributed by atoms with van der Waals surface area (Å²) in [6.45, 7) is 10.6. The van der Waals surface area contributed by atoms with Gasteiger partial charge in [0.05, 0.1) is 0 Å². The quantitative estimate of drug-likeness (QED) is 0.700. The average molecular weight is 272 g/mol. The fourth-order valence-corrected chi connectivity index (χ4v) is 1.35. The minimum absolute atomic E-state index is 0.0360. The van der Waals surface area contributed by atoms with E-state index in [-0.39, 0.29) is 17.9 Å². The lowest BCUT2D eigenvalue weighted by molar-refractivity contribution is -0.123. The number of amides is 2. The Bertz CT molecular complexity index is 283. The van der Waals surface area contributed by atoms with Crippen LogP contribution in [0.1, 0.15) is 53.9 Å². The molecule has 0 aliphatic heterocycles. The number of carbonyl (C=O) groups excluding carboxylic acids is 2. The molecule has 0 aliphatic carbocycles. The van der Waals surface area contributed by atoms with Crippen molar-refractivity contribution in [2.45, 2.75) is 59.5 Å². The molecular formula is C14H28N2O3. The fraction of sp³-hybridized carbons (Fsp3) is 0.857. The number of hydrogen-bond acceptors (Lipinski definition) is 3. The van der Waals surface area contributed by atoms with E-state index in [9.17, 15) is 9.59 Å². The molecule has 0 aromatic heterocycles. The van der Waals surface area contributed by atoms with Crippen LogP contribution in [0.3, 0.4) is 0 Å². The Morgan fingerprint density at radius 3 is 2.00 bits per heavy atom. The molecule has 0 heterocycles. The standard InChI is InChI=1S/C14H28N2O3/c1-11(2)12(17)15-9-7-6-8-10-16-13(18)19-14(3,4)5/h11H,6-10H2,1-5H3,(H,15,17)(H,16,18). The van der Waals surface area contributed by atoms with Gasteiger partial charge in [0.15, 0.2) is 0 Å². The first-order valence-corrected chi connectivity index (χ1v) is 6.97. The van der Waals surface area contributed by atoms with Crippen molar-refractivity contribution in [3.8, 4) is 0 Å². The minimum atomic E-state index is -0.453. The zero-order valence-corrected chi connectivity index (χ0v) is 12.8. The molecule has 0 fully saturated rings. The number of ether oxygens (including phenoxy) is 1. The van der Waals surface area contributed by atoms with Crippen LogP contribution in [0.15, 0.2) is 0 Å². The second-order valence-electron chi connectivity index (χ2n) is 5.94. The Labute approximate surface area is 116 Å². The van der Waals surface area contributed by atoms with E-state index in [4.69, 9.17) is 4.74 Å². The molecule has 0 aromatic carbocycles. The van der Waals surface area contributed by atoms with Crippen LogP contribution < -0.4 is 10.6 Å². The highest BCUT2D eigenvalue weighted by Crippen LogP contribution is 2.06. The summed E-state index contributed by atoms with van der Waals surface area (Å²) in [7, 11) is 0. The lowest BCUT2D eigenvalue weighted by atomic mass is 10.2. The molecule has 0 unspecified atom stereocenters. The van der Waals surface area contributed by atoms with Gasteiger partial charge in [0, 0.05) is 19.0 Å². The van der Waals surface area contributed by atoms with Crippen molar-refractivity contribution in [1.29, 1.82) is 0 Å². The highest BCUT2D eigenvalue weighted by atomic mass is 16.6. The molecule has 2 N–H and O–H groups in total. The predicted octanol–water partition coefficient (Wildman–Crippen LogP) is 2.45. The maximum Gasteiger partial charge on any atom is 0.407 e. The Balaban J connectivity index is 3.41. The second kappa shape index (κ2) is 8.77. The SMILES string of the molecule is CC(C)C(=O)NCCCCCNC(=O)OC(C)(C)C. The first-order valence-electron chi connectivity index (χ1n) is 6.97. The van der Waals surface area contributed by atoms with Crippen LogP contribution >= 0.6 is 0 Å². The van der Waals surface area contributed by atoms with Crippen LogP contribution in [0, 0.1) is 5.92 Å². The van der Waals surface area contributed by atoms with E-state index < -0.39 is 5.60 Å². The van der Waals surface area contributed by atoms with E-state index in [0.717, 1.165) is 19.3 Å². The van der Waals surface area contributed by atoms with Crippen LogP contribution in [-0.4, -0.2) is 30.7 Å². The maximum absolute atomic E-state index is 11.3. The van der Waals surface area contributed by atoms with Crippen molar-refractivity contribution in [2.24, 2.45) is 5.92 Å². The molecule has 112 valence electrons. The van der Waals surface area contributed by atoms with Gasteiger partial charge in [0.2, 0.25) is 5.91 Å². The van der Waals surface area contributed by atoms with E-state index in [2.05, 4.69) is 10.6 Å². The molecule has 5 nitrogen and oxygen atoms in total.